The van der Waals surface area contributed by atoms with E-state index >= 15 is 0 Å². The van der Waals surface area contributed by atoms with Crippen LogP contribution < -0.4 is 29.2 Å². The van der Waals surface area contributed by atoms with Crippen molar-refractivity contribution in [2.45, 2.75) is 6.42 Å². The molecule has 3 aliphatic rings. The van der Waals surface area contributed by atoms with Gasteiger partial charge < -0.3 is 29.2 Å². The molecule has 2 aromatic rings. The molecule has 3 aliphatic heterocycles. The molecule has 1 fully saturated rings. The van der Waals surface area contributed by atoms with E-state index in [9.17, 15) is 9.59 Å². The van der Waals surface area contributed by atoms with E-state index in [4.69, 9.17) is 18.9 Å². The third kappa shape index (κ3) is 3.41. The minimum Gasteiger partial charge on any atom is -0.486 e. The molecule has 2 aromatic carbocycles. The van der Waals surface area contributed by atoms with Gasteiger partial charge in [0.25, 0.3) is 0 Å². The highest BCUT2D eigenvalue weighted by Crippen LogP contribution is 2.36. The normalized spacial score (nSPS) is 19.8. The lowest BCUT2D eigenvalue weighted by Gasteiger charge is -2.22. The number of hydrogen-bond acceptors (Lipinski definition) is 6. The summed E-state index contributed by atoms with van der Waals surface area (Å²) in [5.41, 5.74) is 1.32. The van der Waals surface area contributed by atoms with Crippen LogP contribution in [0.5, 0.6) is 23.0 Å². The highest BCUT2D eigenvalue weighted by molar-refractivity contribution is 6.03. The van der Waals surface area contributed by atoms with Crippen molar-refractivity contribution in [3.8, 4) is 23.0 Å². The second-order valence-electron chi connectivity index (χ2n) is 7.08. The summed E-state index contributed by atoms with van der Waals surface area (Å²) in [4.78, 5) is 26.9. The van der Waals surface area contributed by atoms with Crippen LogP contribution in [0.2, 0.25) is 0 Å². The van der Waals surface area contributed by atoms with Crippen LogP contribution in [0.1, 0.15) is 6.42 Å². The maximum atomic E-state index is 12.7. The van der Waals surface area contributed by atoms with Gasteiger partial charge in [0, 0.05) is 36.5 Å². The molecule has 0 bridgehead atoms. The van der Waals surface area contributed by atoms with E-state index in [-0.39, 0.29) is 18.2 Å². The highest BCUT2D eigenvalue weighted by atomic mass is 16.6. The molecule has 3 heterocycles. The first-order valence-corrected chi connectivity index (χ1v) is 9.58. The highest BCUT2D eigenvalue weighted by Gasteiger charge is 2.35. The van der Waals surface area contributed by atoms with Crippen molar-refractivity contribution in [3.63, 3.8) is 0 Å². The molecule has 1 saturated heterocycles. The molecule has 1 atom stereocenters. The van der Waals surface area contributed by atoms with Crippen LogP contribution in [-0.4, -0.2) is 44.8 Å². The lowest BCUT2D eigenvalue weighted by molar-refractivity contribution is -0.122. The number of hydrogen-bond donors (Lipinski definition) is 1. The lowest BCUT2D eigenvalue weighted by Crippen LogP contribution is -2.28. The van der Waals surface area contributed by atoms with Gasteiger partial charge in [-0.2, -0.15) is 0 Å². The van der Waals surface area contributed by atoms with Crippen molar-refractivity contribution in [1.29, 1.82) is 0 Å². The number of carbonyl (C=O) groups is 2. The summed E-state index contributed by atoms with van der Waals surface area (Å²) in [5, 5.41) is 2.88. The Morgan fingerprint density at radius 2 is 1.48 bits per heavy atom. The standard InChI is InChI=1S/C21H20N2O6/c24-20-9-13(12-23(20)15-2-4-17-19(11-15)29-8-6-27-17)21(25)22-14-1-3-16-18(10-14)28-7-5-26-16/h1-4,10-11,13H,5-9,12H2,(H,22,25)/t13-/m0/s1. The molecule has 0 spiro atoms. The summed E-state index contributed by atoms with van der Waals surface area (Å²) in [6, 6.07) is 10.7. The summed E-state index contributed by atoms with van der Waals surface area (Å²) < 4.78 is 22.2. The zero-order valence-corrected chi connectivity index (χ0v) is 15.7. The minimum absolute atomic E-state index is 0.0935. The van der Waals surface area contributed by atoms with Crippen LogP contribution in [0.15, 0.2) is 36.4 Å². The van der Waals surface area contributed by atoms with E-state index in [1.54, 1.807) is 35.2 Å². The topological polar surface area (TPSA) is 86.3 Å². The minimum atomic E-state index is -0.441. The van der Waals surface area contributed by atoms with Crippen molar-refractivity contribution in [2.75, 3.05) is 43.2 Å². The Balaban J connectivity index is 1.28. The van der Waals surface area contributed by atoms with E-state index in [0.29, 0.717) is 67.3 Å². The largest absolute Gasteiger partial charge is 0.486 e. The smallest absolute Gasteiger partial charge is 0.229 e. The Morgan fingerprint density at radius 1 is 0.862 bits per heavy atom. The summed E-state index contributed by atoms with van der Waals surface area (Å²) in [5.74, 6) is 1.82. The van der Waals surface area contributed by atoms with Gasteiger partial charge in [0.2, 0.25) is 11.8 Å². The van der Waals surface area contributed by atoms with Crippen LogP contribution in [0.3, 0.4) is 0 Å². The predicted molar refractivity (Wildman–Crippen MR) is 104 cm³/mol. The Kier molecular flexibility index (Phi) is 4.38. The fourth-order valence-corrected chi connectivity index (χ4v) is 3.70. The van der Waals surface area contributed by atoms with Gasteiger partial charge in [0.15, 0.2) is 23.0 Å². The molecule has 0 unspecified atom stereocenters. The molecule has 5 rings (SSSR count). The van der Waals surface area contributed by atoms with Gasteiger partial charge in [-0.1, -0.05) is 0 Å². The van der Waals surface area contributed by atoms with Crippen LogP contribution in [-0.2, 0) is 9.59 Å². The zero-order chi connectivity index (χ0) is 19.8. The number of amides is 2. The molecule has 150 valence electrons. The molecular weight excluding hydrogens is 376 g/mol. The van der Waals surface area contributed by atoms with Gasteiger partial charge in [-0.3, -0.25) is 9.59 Å². The molecular formula is C21H20N2O6. The number of anilines is 2. The van der Waals surface area contributed by atoms with Crippen molar-refractivity contribution < 1.29 is 28.5 Å². The maximum absolute atomic E-state index is 12.7. The van der Waals surface area contributed by atoms with E-state index in [2.05, 4.69) is 5.32 Å². The third-order valence-electron chi connectivity index (χ3n) is 5.14. The Morgan fingerprint density at radius 3 is 2.21 bits per heavy atom. The molecule has 29 heavy (non-hydrogen) atoms. The van der Waals surface area contributed by atoms with Crippen LogP contribution in [0.4, 0.5) is 11.4 Å². The molecule has 1 N–H and O–H groups in total. The average molecular weight is 396 g/mol. The molecule has 0 saturated carbocycles. The van der Waals surface area contributed by atoms with Crippen molar-refractivity contribution >= 4 is 23.2 Å². The molecule has 2 amide bonds. The number of nitrogens with zero attached hydrogens (tertiary/aromatic N) is 1. The average Bonchev–Trinajstić information content (AvgIpc) is 3.15. The molecule has 0 aliphatic carbocycles. The van der Waals surface area contributed by atoms with Gasteiger partial charge in [-0.05, 0) is 24.3 Å². The molecule has 8 heteroatoms. The second-order valence-corrected chi connectivity index (χ2v) is 7.08. The van der Waals surface area contributed by atoms with E-state index in [1.807, 2.05) is 6.07 Å². The van der Waals surface area contributed by atoms with Crippen LogP contribution in [0.25, 0.3) is 0 Å². The number of carbonyl (C=O) groups excluding carboxylic acids is 2. The monoisotopic (exact) mass is 396 g/mol. The van der Waals surface area contributed by atoms with E-state index < -0.39 is 5.92 Å². The predicted octanol–water partition coefficient (Wildman–Crippen LogP) is 2.22. The lowest BCUT2D eigenvalue weighted by atomic mass is 10.1. The fraction of sp³-hybridized carbons (Fsp3) is 0.333. The van der Waals surface area contributed by atoms with Crippen LogP contribution in [0, 0.1) is 5.92 Å². The molecule has 8 nitrogen and oxygen atoms in total. The van der Waals surface area contributed by atoms with Crippen molar-refractivity contribution in [3.05, 3.63) is 36.4 Å². The zero-order valence-electron chi connectivity index (χ0n) is 15.7. The van der Waals surface area contributed by atoms with Gasteiger partial charge in [-0.25, -0.2) is 0 Å². The first kappa shape index (κ1) is 17.7. The fourth-order valence-electron chi connectivity index (χ4n) is 3.70. The Bertz CT molecular complexity index is 976. The SMILES string of the molecule is O=C(Nc1ccc2c(c1)OCCO2)[C@H]1CC(=O)N(c2ccc3c(c2)OCCO3)C1. The summed E-state index contributed by atoms with van der Waals surface area (Å²) in [6.07, 6.45) is 0.158. The van der Waals surface area contributed by atoms with Crippen LogP contribution >= 0.6 is 0 Å². The molecule has 0 aromatic heterocycles. The first-order valence-electron chi connectivity index (χ1n) is 9.58. The van der Waals surface area contributed by atoms with E-state index in [1.165, 1.54) is 0 Å². The third-order valence-corrected chi connectivity index (χ3v) is 5.14. The number of fused-ring (bicyclic) bond motifs is 2. The number of benzene rings is 2. The van der Waals surface area contributed by atoms with Gasteiger partial charge in [-0.15, -0.1) is 0 Å². The van der Waals surface area contributed by atoms with Crippen molar-refractivity contribution in [2.24, 2.45) is 5.92 Å². The second kappa shape index (κ2) is 7.20. The first-order chi connectivity index (χ1) is 14.2. The Hall–Kier alpha value is -3.42. The Labute approximate surface area is 167 Å². The number of ether oxygens (including phenoxy) is 4. The van der Waals surface area contributed by atoms with Gasteiger partial charge in [0.1, 0.15) is 26.4 Å². The number of rotatable bonds is 3. The summed E-state index contributed by atoms with van der Waals surface area (Å²) >= 11 is 0. The molecule has 0 radical (unpaired) electrons. The maximum Gasteiger partial charge on any atom is 0.229 e. The van der Waals surface area contributed by atoms with E-state index in [0.717, 1.165) is 0 Å². The summed E-state index contributed by atoms with van der Waals surface area (Å²) in [6.45, 7) is 2.29. The van der Waals surface area contributed by atoms with Gasteiger partial charge >= 0.3 is 0 Å². The summed E-state index contributed by atoms with van der Waals surface area (Å²) in [7, 11) is 0. The van der Waals surface area contributed by atoms with Gasteiger partial charge in [0.05, 0.1) is 5.92 Å². The number of nitrogens with one attached hydrogen (secondary N) is 1. The quantitative estimate of drug-likeness (QED) is 0.856. The van der Waals surface area contributed by atoms with Crippen molar-refractivity contribution in [1.82, 2.24) is 0 Å².